The second-order valence-electron chi connectivity index (χ2n) is 7.88. The van der Waals surface area contributed by atoms with Crippen LogP contribution in [0.5, 0.6) is 0 Å². The van der Waals surface area contributed by atoms with Crippen LogP contribution in [0.25, 0.3) is 5.57 Å². The summed E-state index contributed by atoms with van der Waals surface area (Å²) in [5.41, 5.74) is 5.20. The number of hydrogen-bond donors (Lipinski definition) is 0. The van der Waals surface area contributed by atoms with Crippen molar-refractivity contribution >= 4 is 5.57 Å². The highest BCUT2D eigenvalue weighted by molar-refractivity contribution is 5.70. The van der Waals surface area contributed by atoms with Crippen LogP contribution in [0, 0.1) is 17.6 Å². The number of fused-ring (bicyclic) bond motifs is 1. The molecule has 1 fully saturated rings. The Morgan fingerprint density at radius 2 is 1.69 bits per heavy atom. The summed E-state index contributed by atoms with van der Waals surface area (Å²) in [4.78, 5) is 0. The van der Waals surface area contributed by atoms with Gasteiger partial charge in [0.1, 0.15) is 11.6 Å². The maximum Gasteiger partial charge on any atom is 0.129 e. The molecule has 2 aromatic carbocycles. The lowest BCUT2D eigenvalue weighted by Gasteiger charge is -2.28. The van der Waals surface area contributed by atoms with E-state index in [1.807, 2.05) is 0 Å². The normalized spacial score (nSPS) is 22.7. The van der Waals surface area contributed by atoms with E-state index in [4.69, 9.17) is 0 Å². The number of halogens is 2. The second kappa shape index (κ2) is 7.34. The SMILES string of the molecule is CCC1CCC(c2ccc(C3=CCc4c(F)cc(F)cc4C3)cc2)CC1. The summed E-state index contributed by atoms with van der Waals surface area (Å²) in [5, 5.41) is 0. The van der Waals surface area contributed by atoms with Crippen LogP contribution in [0.4, 0.5) is 8.78 Å². The molecule has 2 aliphatic rings. The largest absolute Gasteiger partial charge is 0.207 e. The van der Waals surface area contributed by atoms with E-state index in [2.05, 4.69) is 37.3 Å². The van der Waals surface area contributed by atoms with Crippen LogP contribution < -0.4 is 0 Å². The Hall–Kier alpha value is -1.96. The summed E-state index contributed by atoms with van der Waals surface area (Å²) in [5.74, 6) is 0.698. The van der Waals surface area contributed by atoms with Gasteiger partial charge in [-0.2, -0.15) is 0 Å². The van der Waals surface area contributed by atoms with Gasteiger partial charge in [0.15, 0.2) is 0 Å². The molecular weight excluding hydrogens is 326 g/mol. The van der Waals surface area contributed by atoms with Gasteiger partial charge in [-0.25, -0.2) is 8.78 Å². The predicted molar refractivity (Wildman–Crippen MR) is 103 cm³/mol. The average molecular weight is 352 g/mol. The van der Waals surface area contributed by atoms with E-state index in [1.54, 1.807) is 0 Å². The summed E-state index contributed by atoms with van der Waals surface area (Å²) in [7, 11) is 0. The molecule has 0 radical (unpaired) electrons. The van der Waals surface area contributed by atoms with Crippen LogP contribution in [0.3, 0.4) is 0 Å². The van der Waals surface area contributed by atoms with Crippen molar-refractivity contribution in [2.45, 2.75) is 57.8 Å². The Kier molecular flexibility index (Phi) is 4.93. The molecule has 0 unspecified atom stereocenters. The molecule has 0 aromatic heterocycles. The Morgan fingerprint density at radius 1 is 0.962 bits per heavy atom. The number of allylic oxidation sites excluding steroid dienone is 2. The zero-order chi connectivity index (χ0) is 18.1. The zero-order valence-corrected chi connectivity index (χ0v) is 15.4. The van der Waals surface area contributed by atoms with Gasteiger partial charge in [0.25, 0.3) is 0 Å². The molecule has 0 nitrogen and oxygen atoms in total. The summed E-state index contributed by atoms with van der Waals surface area (Å²) >= 11 is 0. The van der Waals surface area contributed by atoms with Gasteiger partial charge in [0.2, 0.25) is 0 Å². The smallest absolute Gasteiger partial charge is 0.129 e. The van der Waals surface area contributed by atoms with Crippen molar-refractivity contribution in [3.05, 3.63) is 76.4 Å². The predicted octanol–water partition coefficient (Wildman–Crippen LogP) is 6.83. The van der Waals surface area contributed by atoms with E-state index in [-0.39, 0.29) is 0 Å². The number of hydrogen-bond acceptors (Lipinski definition) is 0. The molecule has 0 spiro atoms. The second-order valence-corrected chi connectivity index (χ2v) is 7.88. The fourth-order valence-electron chi connectivity index (χ4n) is 4.64. The highest BCUT2D eigenvalue weighted by atomic mass is 19.1. The first-order valence-electron chi connectivity index (χ1n) is 9.90. The van der Waals surface area contributed by atoms with Gasteiger partial charge in [0.05, 0.1) is 0 Å². The van der Waals surface area contributed by atoms with E-state index < -0.39 is 11.6 Å². The first kappa shape index (κ1) is 17.5. The van der Waals surface area contributed by atoms with Crippen LogP contribution in [-0.4, -0.2) is 0 Å². The summed E-state index contributed by atoms with van der Waals surface area (Å²) in [6.45, 7) is 2.30. The molecule has 0 atom stereocenters. The van der Waals surface area contributed by atoms with Crippen LogP contribution in [0.2, 0.25) is 0 Å². The monoisotopic (exact) mass is 352 g/mol. The van der Waals surface area contributed by atoms with Gasteiger partial charge in [-0.1, -0.05) is 43.7 Å². The summed E-state index contributed by atoms with van der Waals surface area (Å²) in [6, 6.07) is 11.4. The molecule has 26 heavy (non-hydrogen) atoms. The van der Waals surface area contributed by atoms with Crippen LogP contribution in [0.15, 0.2) is 42.5 Å². The minimum atomic E-state index is -0.486. The van der Waals surface area contributed by atoms with Crippen LogP contribution >= 0.6 is 0 Å². The Labute approximate surface area is 154 Å². The van der Waals surface area contributed by atoms with Gasteiger partial charge in [-0.3, -0.25) is 0 Å². The molecule has 0 bridgehead atoms. The third kappa shape index (κ3) is 3.47. The molecular formula is C24H26F2. The van der Waals surface area contributed by atoms with Crippen molar-refractivity contribution in [2.24, 2.45) is 5.92 Å². The van der Waals surface area contributed by atoms with E-state index in [0.717, 1.165) is 17.5 Å². The topological polar surface area (TPSA) is 0 Å². The fraction of sp³-hybridized carbons (Fsp3) is 0.417. The van der Waals surface area contributed by atoms with E-state index >= 15 is 0 Å². The molecule has 136 valence electrons. The van der Waals surface area contributed by atoms with E-state index in [9.17, 15) is 8.78 Å². The van der Waals surface area contributed by atoms with Crippen LogP contribution in [0.1, 0.15) is 67.2 Å². The van der Waals surface area contributed by atoms with Crippen molar-refractivity contribution in [1.29, 1.82) is 0 Å². The van der Waals surface area contributed by atoms with Gasteiger partial charge >= 0.3 is 0 Å². The fourth-order valence-corrected chi connectivity index (χ4v) is 4.64. The third-order valence-corrected chi connectivity index (χ3v) is 6.36. The molecule has 2 aromatic rings. The quantitative estimate of drug-likeness (QED) is 0.568. The molecule has 1 saturated carbocycles. The Morgan fingerprint density at radius 3 is 2.38 bits per heavy atom. The average Bonchev–Trinajstić information content (AvgIpc) is 2.67. The Balaban J connectivity index is 1.49. The van der Waals surface area contributed by atoms with Crippen molar-refractivity contribution in [3.63, 3.8) is 0 Å². The van der Waals surface area contributed by atoms with Crippen molar-refractivity contribution < 1.29 is 8.78 Å². The first-order chi connectivity index (χ1) is 12.6. The van der Waals surface area contributed by atoms with Gasteiger partial charge in [-0.15, -0.1) is 0 Å². The number of rotatable bonds is 3. The molecule has 0 amide bonds. The molecule has 0 saturated heterocycles. The zero-order valence-electron chi connectivity index (χ0n) is 15.4. The lowest BCUT2D eigenvalue weighted by molar-refractivity contribution is 0.319. The Bertz CT molecular complexity index is 809. The molecule has 2 heteroatoms. The summed E-state index contributed by atoms with van der Waals surface area (Å²) < 4.78 is 27.4. The van der Waals surface area contributed by atoms with Crippen molar-refractivity contribution in [1.82, 2.24) is 0 Å². The van der Waals surface area contributed by atoms with Gasteiger partial charge in [0, 0.05) is 6.07 Å². The van der Waals surface area contributed by atoms with E-state index in [1.165, 1.54) is 54.9 Å². The van der Waals surface area contributed by atoms with Crippen LogP contribution in [-0.2, 0) is 12.8 Å². The van der Waals surface area contributed by atoms with E-state index in [0.29, 0.717) is 24.3 Å². The van der Waals surface area contributed by atoms with Gasteiger partial charge < -0.3 is 0 Å². The van der Waals surface area contributed by atoms with Gasteiger partial charge in [-0.05, 0) is 84.3 Å². The molecule has 0 heterocycles. The maximum atomic E-state index is 13.9. The standard InChI is InChI=1S/C24H26F2/c1-2-16-3-5-17(6-4-16)18-7-9-19(10-8-18)20-11-12-23-21(13-20)14-22(25)15-24(23)26/h7-11,14-17H,2-6,12-13H2,1H3. The molecule has 4 rings (SSSR count). The van der Waals surface area contributed by atoms with Crippen molar-refractivity contribution in [2.75, 3.05) is 0 Å². The summed E-state index contributed by atoms with van der Waals surface area (Å²) in [6.07, 6.45) is 9.83. The highest BCUT2D eigenvalue weighted by Crippen LogP contribution is 2.37. The maximum absolute atomic E-state index is 13.9. The lowest BCUT2D eigenvalue weighted by atomic mass is 9.77. The number of benzene rings is 2. The third-order valence-electron chi connectivity index (χ3n) is 6.36. The first-order valence-corrected chi connectivity index (χ1v) is 9.90. The molecule has 0 aliphatic heterocycles. The molecule has 2 aliphatic carbocycles. The molecule has 0 N–H and O–H groups in total. The minimum Gasteiger partial charge on any atom is -0.207 e. The van der Waals surface area contributed by atoms with Crippen molar-refractivity contribution in [3.8, 4) is 0 Å². The highest BCUT2D eigenvalue weighted by Gasteiger charge is 2.22. The minimum absolute atomic E-state index is 0.423. The lowest BCUT2D eigenvalue weighted by Crippen LogP contribution is -2.12.